The summed E-state index contributed by atoms with van der Waals surface area (Å²) in [6.45, 7) is 0.349. The van der Waals surface area contributed by atoms with Crippen LogP contribution in [0.1, 0.15) is 32.7 Å². The maximum Gasteiger partial charge on any atom is 0.197 e. The lowest BCUT2D eigenvalue weighted by Crippen LogP contribution is -2.02. The zero-order valence-electron chi connectivity index (χ0n) is 15.7. The summed E-state index contributed by atoms with van der Waals surface area (Å²) in [4.78, 5) is 17.3. The number of hydrogen-bond donors (Lipinski definition) is 0. The van der Waals surface area contributed by atoms with Crippen molar-refractivity contribution >= 4 is 28.8 Å². The predicted octanol–water partition coefficient (Wildman–Crippen LogP) is 5.81. The summed E-state index contributed by atoms with van der Waals surface area (Å²) in [5, 5.41) is 0.525. The molecule has 0 spiro atoms. The van der Waals surface area contributed by atoms with Gasteiger partial charge in [-0.25, -0.2) is 13.8 Å². The summed E-state index contributed by atoms with van der Waals surface area (Å²) in [6.07, 6.45) is 3.58. The van der Waals surface area contributed by atoms with Crippen molar-refractivity contribution in [2.24, 2.45) is 0 Å². The zero-order chi connectivity index (χ0) is 20.7. The van der Waals surface area contributed by atoms with E-state index >= 15 is 0 Å². The standard InChI is InChI=1S/C25H15F2NO2/c26-21-12-16-7-9-18(28-23(16)13-22(21)27)8-5-15-6-10-24-20(11-15)25(29)19-4-2-1-3-17(19)14-30-24/h1-13H,14H2. The van der Waals surface area contributed by atoms with Gasteiger partial charge in [-0.1, -0.05) is 42.5 Å². The number of rotatable bonds is 2. The number of halogens is 2. The van der Waals surface area contributed by atoms with Crippen LogP contribution in [0.3, 0.4) is 0 Å². The van der Waals surface area contributed by atoms with Gasteiger partial charge in [-0.3, -0.25) is 4.79 Å². The lowest BCUT2D eigenvalue weighted by Gasteiger charge is -2.07. The van der Waals surface area contributed by atoms with Gasteiger partial charge in [-0.15, -0.1) is 0 Å². The highest BCUT2D eigenvalue weighted by Crippen LogP contribution is 2.29. The highest BCUT2D eigenvalue weighted by Gasteiger charge is 2.21. The molecule has 3 nitrogen and oxygen atoms in total. The Bertz CT molecular complexity index is 1340. The SMILES string of the molecule is O=C1c2ccccc2COc2ccc(C=Cc3ccc4cc(F)c(F)cc4n3)cc21. The summed E-state index contributed by atoms with van der Waals surface area (Å²) in [6, 6.07) is 18.5. The van der Waals surface area contributed by atoms with Gasteiger partial charge < -0.3 is 4.74 Å². The number of fused-ring (bicyclic) bond motifs is 3. The van der Waals surface area contributed by atoms with Crippen LogP contribution in [0.2, 0.25) is 0 Å². The van der Waals surface area contributed by atoms with E-state index in [4.69, 9.17) is 4.74 Å². The third-order valence-corrected chi connectivity index (χ3v) is 5.09. The number of ether oxygens (including phenoxy) is 1. The summed E-state index contributed by atoms with van der Waals surface area (Å²) in [5.74, 6) is -1.35. The third-order valence-electron chi connectivity index (χ3n) is 5.09. The second-order valence-corrected chi connectivity index (χ2v) is 7.06. The Balaban J connectivity index is 1.48. The molecule has 0 saturated heterocycles. The second-order valence-electron chi connectivity index (χ2n) is 7.06. The van der Waals surface area contributed by atoms with Gasteiger partial charge in [0.25, 0.3) is 0 Å². The van der Waals surface area contributed by atoms with E-state index in [0.717, 1.165) is 23.3 Å². The zero-order valence-corrected chi connectivity index (χ0v) is 15.7. The minimum atomic E-state index is -0.930. The molecule has 1 aliphatic heterocycles. The van der Waals surface area contributed by atoms with Gasteiger partial charge in [0.1, 0.15) is 12.4 Å². The smallest absolute Gasteiger partial charge is 0.197 e. The van der Waals surface area contributed by atoms with Crippen molar-refractivity contribution in [2.45, 2.75) is 6.61 Å². The number of aromatic nitrogens is 1. The van der Waals surface area contributed by atoms with Gasteiger partial charge >= 0.3 is 0 Å². The molecule has 1 aliphatic rings. The number of ketones is 1. The molecule has 146 valence electrons. The molecular formula is C25H15F2NO2. The van der Waals surface area contributed by atoms with Gasteiger partial charge in [0.05, 0.1) is 16.8 Å². The van der Waals surface area contributed by atoms with Gasteiger partial charge in [0.2, 0.25) is 0 Å². The molecule has 0 radical (unpaired) electrons. The topological polar surface area (TPSA) is 39.2 Å². The summed E-state index contributed by atoms with van der Waals surface area (Å²) in [7, 11) is 0. The molecule has 0 N–H and O–H groups in total. The lowest BCUT2D eigenvalue weighted by atomic mass is 9.98. The molecule has 0 fully saturated rings. The van der Waals surface area contributed by atoms with Crippen LogP contribution in [0.15, 0.2) is 66.7 Å². The van der Waals surface area contributed by atoms with E-state index in [2.05, 4.69) is 4.98 Å². The summed E-state index contributed by atoms with van der Waals surface area (Å²) < 4.78 is 32.7. The molecule has 0 bridgehead atoms. The normalized spacial score (nSPS) is 13.1. The molecule has 30 heavy (non-hydrogen) atoms. The fourth-order valence-corrected chi connectivity index (χ4v) is 3.53. The van der Waals surface area contributed by atoms with Crippen molar-refractivity contribution in [3.63, 3.8) is 0 Å². The van der Waals surface area contributed by atoms with Crippen LogP contribution >= 0.6 is 0 Å². The first-order valence-corrected chi connectivity index (χ1v) is 9.42. The molecule has 5 rings (SSSR count). The number of carbonyl (C=O) groups excluding carboxylic acids is 1. The Labute approximate surface area is 171 Å². The Kier molecular flexibility index (Phi) is 4.36. The molecule has 5 heteroatoms. The molecule has 0 atom stereocenters. The van der Waals surface area contributed by atoms with Crippen LogP contribution in [0.4, 0.5) is 8.78 Å². The molecule has 1 aromatic heterocycles. The predicted molar refractivity (Wildman–Crippen MR) is 111 cm³/mol. The highest BCUT2D eigenvalue weighted by atomic mass is 19.2. The third kappa shape index (κ3) is 3.24. The maximum absolute atomic E-state index is 13.5. The van der Waals surface area contributed by atoms with Crippen molar-refractivity contribution in [2.75, 3.05) is 0 Å². The molecule has 0 aliphatic carbocycles. The number of pyridine rings is 1. The van der Waals surface area contributed by atoms with Crippen LogP contribution in [0.25, 0.3) is 23.1 Å². The lowest BCUT2D eigenvalue weighted by molar-refractivity contribution is 0.103. The molecule has 4 aromatic rings. The molecule has 3 aromatic carbocycles. The monoisotopic (exact) mass is 399 g/mol. The van der Waals surface area contributed by atoms with E-state index in [1.54, 1.807) is 36.4 Å². The Hall–Kier alpha value is -3.86. The van der Waals surface area contributed by atoms with Crippen molar-refractivity contribution < 1.29 is 18.3 Å². The van der Waals surface area contributed by atoms with Crippen molar-refractivity contribution in [3.05, 3.63) is 106 Å². The van der Waals surface area contributed by atoms with E-state index in [-0.39, 0.29) is 5.78 Å². The maximum atomic E-state index is 13.5. The minimum Gasteiger partial charge on any atom is -0.488 e. The molecular weight excluding hydrogens is 384 g/mol. The second kappa shape index (κ2) is 7.19. The van der Waals surface area contributed by atoms with Gasteiger partial charge in [0.15, 0.2) is 17.4 Å². The minimum absolute atomic E-state index is 0.0744. The van der Waals surface area contributed by atoms with E-state index in [1.165, 1.54) is 0 Å². The number of hydrogen-bond acceptors (Lipinski definition) is 3. The Morgan fingerprint density at radius 2 is 1.70 bits per heavy atom. The van der Waals surface area contributed by atoms with E-state index in [9.17, 15) is 13.6 Å². The average molecular weight is 399 g/mol. The number of nitrogens with zero attached hydrogens (tertiary/aromatic N) is 1. The quantitative estimate of drug-likeness (QED) is 0.427. The van der Waals surface area contributed by atoms with Crippen LogP contribution in [0, 0.1) is 11.6 Å². The van der Waals surface area contributed by atoms with E-state index in [0.29, 0.717) is 40.1 Å². The van der Waals surface area contributed by atoms with Crippen molar-refractivity contribution in [1.29, 1.82) is 0 Å². The Morgan fingerprint density at radius 1 is 0.867 bits per heavy atom. The molecule has 2 heterocycles. The fourth-order valence-electron chi connectivity index (χ4n) is 3.53. The van der Waals surface area contributed by atoms with Crippen LogP contribution in [0.5, 0.6) is 5.75 Å². The summed E-state index contributed by atoms with van der Waals surface area (Å²) in [5.41, 5.74) is 3.78. The van der Waals surface area contributed by atoms with Crippen molar-refractivity contribution in [3.8, 4) is 5.75 Å². The molecule has 0 saturated carbocycles. The van der Waals surface area contributed by atoms with Gasteiger partial charge in [-0.2, -0.15) is 0 Å². The van der Waals surface area contributed by atoms with Crippen molar-refractivity contribution in [1.82, 2.24) is 4.98 Å². The van der Waals surface area contributed by atoms with Gasteiger partial charge in [0, 0.05) is 22.6 Å². The van der Waals surface area contributed by atoms with Gasteiger partial charge in [-0.05, 0) is 35.9 Å². The summed E-state index contributed by atoms with van der Waals surface area (Å²) >= 11 is 0. The first-order chi connectivity index (χ1) is 14.6. The first-order valence-electron chi connectivity index (χ1n) is 9.42. The number of benzene rings is 3. The van der Waals surface area contributed by atoms with E-state index in [1.807, 2.05) is 30.3 Å². The average Bonchev–Trinajstić information content (AvgIpc) is 2.90. The number of carbonyl (C=O) groups is 1. The molecule has 0 unspecified atom stereocenters. The fraction of sp³-hybridized carbons (Fsp3) is 0.0400. The largest absolute Gasteiger partial charge is 0.488 e. The molecule has 0 amide bonds. The van der Waals surface area contributed by atoms with Crippen LogP contribution in [-0.2, 0) is 6.61 Å². The first kappa shape index (κ1) is 18.2. The van der Waals surface area contributed by atoms with Crippen LogP contribution < -0.4 is 4.74 Å². The highest BCUT2D eigenvalue weighted by molar-refractivity contribution is 6.12. The van der Waals surface area contributed by atoms with Crippen LogP contribution in [-0.4, -0.2) is 10.8 Å². The van der Waals surface area contributed by atoms with E-state index < -0.39 is 11.6 Å². The Morgan fingerprint density at radius 3 is 2.60 bits per heavy atom.